The molecule has 0 unspecified atom stereocenters. The van der Waals surface area contributed by atoms with Crippen LogP contribution in [0.4, 0.5) is 11.5 Å². The Morgan fingerprint density at radius 1 is 1.24 bits per heavy atom. The fourth-order valence-electron chi connectivity index (χ4n) is 2.27. The fourth-order valence-corrected chi connectivity index (χ4v) is 2.66. The number of carbonyl (C=O) groups excluding carboxylic acids is 2. The molecule has 8 nitrogen and oxygen atoms in total. The molecule has 128 valence electrons. The minimum Gasteiger partial charge on any atom is -0.305 e. The third kappa shape index (κ3) is 3.94. The molecule has 2 aromatic rings. The van der Waals surface area contributed by atoms with Gasteiger partial charge < -0.3 is 10.3 Å². The van der Waals surface area contributed by atoms with E-state index < -0.39 is 5.91 Å². The predicted molar refractivity (Wildman–Crippen MR) is 95.9 cm³/mol. The third-order valence-electron chi connectivity index (χ3n) is 3.45. The number of H-pyrrole nitrogens is 1. The van der Waals surface area contributed by atoms with Crippen LogP contribution < -0.4 is 15.9 Å². The lowest BCUT2D eigenvalue weighted by molar-refractivity contribution is -0.118. The second-order valence-corrected chi connectivity index (χ2v) is 5.98. The lowest BCUT2D eigenvalue weighted by Crippen LogP contribution is -2.36. The van der Waals surface area contributed by atoms with Gasteiger partial charge in [0.15, 0.2) is 5.16 Å². The summed E-state index contributed by atoms with van der Waals surface area (Å²) in [7, 11) is 0. The molecule has 0 bridgehead atoms. The van der Waals surface area contributed by atoms with Crippen LogP contribution in [0.5, 0.6) is 0 Å². The van der Waals surface area contributed by atoms with Crippen LogP contribution in [0.15, 0.2) is 51.5 Å². The zero-order chi connectivity index (χ0) is 17.8. The van der Waals surface area contributed by atoms with Crippen LogP contribution in [-0.4, -0.2) is 33.7 Å². The summed E-state index contributed by atoms with van der Waals surface area (Å²) in [6, 6.07) is 10.1. The van der Waals surface area contributed by atoms with Crippen molar-refractivity contribution in [1.82, 2.24) is 9.97 Å². The van der Waals surface area contributed by atoms with Crippen molar-refractivity contribution in [2.75, 3.05) is 16.6 Å². The summed E-state index contributed by atoms with van der Waals surface area (Å²) in [5, 5.41) is 8.34. The molecule has 0 aliphatic carbocycles. The first-order valence-corrected chi connectivity index (χ1v) is 8.71. The minimum atomic E-state index is -0.487. The minimum absolute atomic E-state index is 0.143. The van der Waals surface area contributed by atoms with Gasteiger partial charge in [-0.25, -0.2) is 9.99 Å². The number of para-hydroxylation sites is 1. The molecule has 1 aliphatic heterocycles. The lowest BCUT2D eigenvalue weighted by Gasteiger charge is -2.23. The van der Waals surface area contributed by atoms with Crippen molar-refractivity contribution in [3.05, 3.63) is 46.8 Å². The summed E-state index contributed by atoms with van der Waals surface area (Å²) in [5.41, 5.74) is 0.439. The fraction of sp³-hybridized carbons (Fsp3) is 0.188. The molecule has 1 aromatic carbocycles. The summed E-state index contributed by atoms with van der Waals surface area (Å²) >= 11 is 1.26. The first kappa shape index (κ1) is 16.9. The van der Waals surface area contributed by atoms with Gasteiger partial charge in [-0.3, -0.25) is 14.4 Å². The first-order valence-electron chi connectivity index (χ1n) is 7.49. The van der Waals surface area contributed by atoms with Gasteiger partial charge in [0.1, 0.15) is 11.5 Å². The summed E-state index contributed by atoms with van der Waals surface area (Å²) < 4.78 is 0. The Bertz CT molecular complexity index is 894. The Morgan fingerprint density at radius 3 is 2.72 bits per heavy atom. The Hall–Kier alpha value is -2.94. The second-order valence-electron chi connectivity index (χ2n) is 5.18. The van der Waals surface area contributed by atoms with E-state index in [0.717, 1.165) is 0 Å². The number of aromatic nitrogens is 2. The number of anilines is 2. The maximum atomic E-state index is 12.4. The quantitative estimate of drug-likeness (QED) is 0.638. The molecule has 2 amide bonds. The number of aromatic amines is 1. The van der Waals surface area contributed by atoms with Crippen LogP contribution in [0.2, 0.25) is 0 Å². The van der Waals surface area contributed by atoms with Gasteiger partial charge in [-0.2, -0.15) is 5.10 Å². The molecule has 0 spiro atoms. The zero-order valence-corrected chi connectivity index (χ0v) is 14.2. The van der Waals surface area contributed by atoms with E-state index in [1.165, 1.54) is 22.8 Å². The number of nitrogens with one attached hydrogen (secondary N) is 2. The summed E-state index contributed by atoms with van der Waals surface area (Å²) in [4.78, 5) is 42.7. The van der Waals surface area contributed by atoms with E-state index in [1.54, 1.807) is 30.5 Å². The number of carbonyl (C=O) groups is 2. The molecule has 9 heteroatoms. The highest BCUT2D eigenvalue weighted by Gasteiger charge is 2.25. The average Bonchev–Trinajstić information content (AvgIpc) is 2.62. The van der Waals surface area contributed by atoms with Crippen molar-refractivity contribution in [1.29, 1.82) is 0 Å². The van der Waals surface area contributed by atoms with Crippen LogP contribution in [0.3, 0.4) is 0 Å². The van der Waals surface area contributed by atoms with E-state index in [-0.39, 0.29) is 35.8 Å². The van der Waals surface area contributed by atoms with E-state index >= 15 is 0 Å². The van der Waals surface area contributed by atoms with Gasteiger partial charge in [0.2, 0.25) is 5.91 Å². The first-order chi connectivity index (χ1) is 12.1. The molecular weight excluding hydrogens is 342 g/mol. The smallest absolute Gasteiger partial charge is 0.273 e. The number of hydrazone groups is 1. The van der Waals surface area contributed by atoms with Crippen molar-refractivity contribution >= 4 is 40.8 Å². The van der Waals surface area contributed by atoms with Crippen molar-refractivity contribution in [2.45, 2.75) is 18.0 Å². The molecule has 1 aromatic heterocycles. The summed E-state index contributed by atoms with van der Waals surface area (Å²) in [6.45, 7) is 0. The van der Waals surface area contributed by atoms with Gasteiger partial charge in [0.05, 0.1) is 5.69 Å². The number of hydrogen-bond donors (Lipinski definition) is 2. The molecule has 0 atom stereocenters. The zero-order valence-electron chi connectivity index (χ0n) is 13.4. The predicted octanol–water partition coefficient (Wildman–Crippen LogP) is 1.61. The number of amides is 2. The van der Waals surface area contributed by atoms with E-state index in [2.05, 4.69) is 20.4 Å². The van der Waals surface area contributed by atoms with Crippen molar-refractivity contribution in [3.63, 3.8) is 0 Å². The van der Waals surface area contributed by atoms with E-state index in [9.17, 15) is 14.4 Å². The largest absolute Gasteiger partial charge is 0.305 e. The molecule has 0 radical (unpaired) electrons. The van der Waals surface area contributed by atoms with Crippen LogP contribution >= 0.6 is 11.8 Å². The molecule has 0 saturated carbocycles. The topological polar surface area (TPSA) is 108 Å². The highest BCUT2D eigenvalue weighted by molar-refractivity contribution is 7.98. The van der Waals surface area contributed by atoms with Crippen molar-refractivity contribution < 1.29 is 9.59 Å². The van der Waals surface area contributed by atoms with Crippen molar-refractivity contribution in [3.8, 4) is 0 Å². The molecule has 25 heavy (non-hydrogen) atoms. The number of thioether (sulfide) groups is 1. The number of hydrogen-bond acceptors (Lipinski definition) is 6. The van der Waals surface area contributed by atoms with Gasteiger partial charge in [-0.05, 0) is 18.4 Å². The second kappa shape index (κ2) is 7.31. The van der Waals surface area contributed by atoms with E-state index in [4.69, 9.17) is 0 Å². The highest BCUT2D eigenvalue weighted by atomic mass is 32.2. The van der Waals surface area contributed by atoms with Crippen LogP contribution in [0.1, 0.15) is 12.8 Å². The van der Waals surface area contributed by atoms with Gasteiger partial charge >= 0.3 is 0 Å². The molecule has 2 heterocycles. The molecular formula is C16H15N5O3S. The summed E-state index contributed by atoms with van der Waals surface area (Å²) in [5.74, 6) is -0.524. The van der Waals surface area contributed by atoms with Gasteiger partial charge in [0.25, 0.3) is 11.5 Å². The standard InChI is InChI=1S/C16H15N5O3S/c1-25-16-18-12(9-13(22)19-16)17-15(24)11-7-8-14(23)21(20-11)10-5-3-2-4-6-10/h2-6,9H,7-8H2,1H3,(H2,17,18,19,22,24). The average molecular weight is 357 g/mol. The van der Waals surface area contributed by atoms with Gasteiger partial charge in [-0.1, -0.05) is 30.0 Å². The van der Waals surface area contributed by atoms with Gasteiger partial charge in [-0.15, -0.1) is 0 Å². The third-order valence-corrected chi connectivity index (χ3v) is 4.03. The Kier molecular flexibility index (Phi) is 4.94. The van der Waals surface area contributed by atoms with Crippen molar-refractivity contribution in [2.24, 2.45) is 5.10 Å². The molecule has 0 saturated heterocycles. The van der Waals surface area contributed by atoms with Crippen LogP contribution in [0, 0.1) is 0 Å². The van der Waals surface area contributed by atoms with Gasteiger partial charge in [0, 0.05) is 18.9 Å². The SMILES string of the molecule is CSc1nc(NC(=O)C2=NN(c3ccccc3)C(=O)CC2)cc(=O)[nH]1. The van der Waals surface area contributed by atoms with E-state index in [0.29, 0.717) is 10.8 Å². The molecule has 3 rings (SSSR count). The maximum absolute atomic E-state index is 12.4. The Labute approximate surface area is 147 Å². The molecule has 2 N–H and O–H groups in total. The highest BCUT2D eigenvalue weighted by Crippen LogP contribution is 2.20. The normalized spacial score (nSPS) is 14.2. The van der Waals surface area contributed by atoms with Crippen LogP contribution in [0.25, 0.3) is 0 Å². The Morgan fingerprint density at radius 2 is 2.00 bits per heavy atom. The van der Waals surface area contributed by atoms with Crippen LogP contribution in [-0.2, 0) is 9.59 Å². The summed E-state index contributed by atoms with van der Waals surface area (Å²) in [6.07, 6.45) is 2.17. The number of nitrogens with zero attached hydrogens (tertiary/aromatic N) is 3. The monoisotopic (exact) mass is 357 g/mol. The maximum Gasteiger partial charge on any atom is 0.273 e. The van der Waals surface area contributed by atoms with E-state index in [1.807, 2.05) is 6.07 Å². The lowest BCUT2D eigenvalue weighted by atomic mass is 10.1. The number of benzene rings is 1. The Balaban J connectivity index is 1.83. The molecule has 1 aliphatic rings. The number of rotatable bonds is 4. The molecule has 0 fully saturated rings.